The van der Waals surface area contributed by atoms with Crippen LogP contribution < -0.4 is 0 Å². The summed E-state index contributed by atoms with van der Waals surface area (Å²) in [5.41, 5.74) is 0. The van der Waals surface area contributed by atoms with Gasteiger partial charge in [-0.05, 0) is 31.2 Å². The van der Waals surface area contributed by atoms with Crippen LogP contribution in [-0.4, -0.2) is 16.9 Å². The molecule has 0 bridgehead atoms. The van der Waals surface area contributed by atoms with Crippen molar-refractivity contribution in [2.75, 3.05) is 0 Å². The highest BCUT2D eigenvalue weighted by atomic mass is 32.1. The van der Waals surface area contributed by atoms with E-state index in [-0.39, 0.29) is 5.76 Å². The molecule has 0 fully saturated rings. The van der Waals surface area contributed by atoms with Crippen molar-refractivity contribution in [3.63, 3.8) is 0 Å². The molecule has 2 aromatic heterocycles. The summed E-state index contributed by atoms with van der Waals surface area (Å²) < 4.78 is 5.01. The molecule has 2 aromatic rings. The number of thiophene rings is 1. The van der Waals surface area contributed by atoms with Crippen LogP contribution in [0.3, 0.4) is 0 Å². The van der Waals surface area contributed by atoms with Gasteiger partial charge in [0, 0.05) is 4.88 Å². The van der Waals surface area contributed by atoms with Gasteiger partial charge in [-0.15, -0.1) is 11.3 Å². The van der Waals surface area contributed by atoms with E-state index in [4.69, 9.17) is 9.52 Å². The molecule has 0 aromatic carbocycles. The highest BCUT2D eigenvalue weighted by Crippen LogP contribution is 2.25. The van der Waals surface area contributed by atoms with Crippen LogP contribution in [0.4, 0.5) is 0 Å². The zero-order valence-corrected chi connectivity index (χ0v) is 9.86. The molecule has 1 atom stereocenters. The number of aliphatic carboxylic acids is 1. The molecule has 0 saturated carbocycles. The largest absolute Gasteiger partial charge is 0.480 e. The number of rotatable bonds is 4. The van der Waals surface area contributed by atoms with Gasteiger partial charge in [0.2, 0.25) is 0 Å². The predicted molar refractivity (Wildman–Crippen MR) is 62.5 cm³/mol. The number of furan rings is 1. The van der Waals surface area contributed by atoms with E-state index < -0.39 is 17.7 Å². The second kappa shape index (κ2) is 4.55. The van der Waals surface area contributed by atoms with Crippen molar-refractivity contribution >= 4 is 23.1 Å². The summed E-state index contributed by atoms with van der Waals surface area (Å²) in [7, 11) is 0. The van der Waals surface area contributed by atoms with Crippen LogP contribution in [0.5, 0.6) is 0 Å². The first-order valence-corrected chi connectivity index (χ1v) is 5.78. The normalized spacial score (nSPS) is 12.3. The summed E-state index contributed by atoms with van der Waals surface area (Å²) in [4.78, 5) is 24.6. The van der Waals surface area contributed by atoms with E-state index in [1.807, 2.05) is 6.92 Å². The average molecular weight is 250 g/mol. The molecular weight excluding hydrogens is 240 g/mol. The van der Waals surface area contributed by atoms with Crippen molar-refractivity contribution in [1.29, 1.82) is 0 Å². The molecule has 5 heteroatoms. The minimum absolute atomic E-state index is 0.161. The highest BCUT2D eigenvalue weighted by Gasteiger charge is 2.32. The van der Waals surface area contributed by atoms with Gasteiger partial charge in [-0.1, -0.05) is 0 Å². The van der Waals surface area contributed by atoms with E-state index in [2.05, 4.69) is 0 Å². The Morgan fingerprint density at radius 3 is 2.59 bits per heavy atom. The molecule has 0 aliphatic carbocycles. The van der Waals surface area contributed by atoms with Gasteiger partial charge in [0.25, 0.3) is 0 Å². The monoisotopic (exact) mass is 250 g/mol. The summed E-state index contributed by atoms with van der Waals surface area (Å²) in [5, 5.41) is 9.11. The van der Waals surface area contributed by atoms with Crippen molar-refractivity contribution in [3.8, 4) is 0 Å². The topological polar surface area (TPSA) is 67.5 Å². The van der Waals surface area contributed by atoms with Crippen LogP contribution in [0.1, 0.15) is 26.2 Å². The van der Waals surface area contributed by atoms with Crippen molar-refractivity contribution in [2.45, 2.75) is 12.8 Å². The maximum absolute atomic E-state index is 12.1. The standard InChI is InChI=1S/C12H10O4S/c1-7-4-5-9(17-7)11(13)10(12(14)15)8-3-2-6-16-8/h2-6,10H,1H3,(H,14,15). The summed E-state index contributed by atoms with van der Waals surface area (Å²) in [6.07, 6.45) is 1.36. The molecule has 0 saturated heterocycles. The number of ketones is 1. The van der Waals surface area contributed by atoms with E-state index >= 15 is 0 Å². The first-order valence-electron chi connectivity index (χ1n) is 4.96. The van der Waals surface area contributed by atoms with Crippen LogP contribution in [0.15, 0.2) is 34.9 Å². The Labute approximate surface area is 102 Å². The molecule has 0 spiro atoms. The van der Waals surface area contributed by atoms with Crippen LogP contribution in [0, 0.1) is 6.92 Å². The molecule has 0 radical (unpaired) electrons. The number of aryl methyl sites for hydroxylation is 1. The summed E-state index contributed by atoms with van der Waals surface area (Å²) in [6, 6.07) is 6.50. The molecule has 0 aliphatic heterocycles. The number of hydrogen-bond acceptors (Lipinski definition) is 4. The molecule has 0 aliphatic rings. The fourth-order valence-electron chi connectivity index (χ4n) is 1.53. The maximum atomic E-state index is 12.1. The average Bonchev–Trinajstić information content (AvgIpc) is 2.88. The molecule has 17 heavy (non-hydrogen) atoms. The maximum Gasteiger partial charge on any atom is 0.322 e. The van der Waals surface area contributed by atoms with E-state index in [0.717, 1.165) is 4.88 Å². The van der Waals surface area contributed by atoms with E-state index in [1.165, 1.54) is 23.7 Å². The molecule has 1 unspecified atom stereocenters. The van der Waals surface area contributed by atoms with E-state index in [0.29, 0.717) is 4.88 Å². The molecule has 1 N–H and O–H groups in total. The Kier molecular flexibility index (Phi) is 3.10. The second-order valence-electron chi connectivity index (χ2n) is 3.56. The van der Waals surface area contributed by atoms with Crippen molar-refractivity contribution in [2.24, 2.45) is 0 Å². The molecule has 0 amide bonds. The lowest BCUT2D eigenvalue weighted by Gasteiger charge is -2.06. The van der Waals surface area contributed by atoms with E-state index in [9.17, 15) is 9.59 Å². The van der Waals surface area contributed by atoms with Crippen LogP contribution in [-0.2, 0) is 4.79 Å². The number of carbonyl (C=O) groups is 2. The van der Waals surface area contributed by atoms with Gasteiger partial charge < -0.3 is 9.52 Å². The number of carboxylic acids is 1. The van der Waals surface area contributed by atoms with Crippen LogP contribution in [0.2, 0.25) is 0 Å². The third-order valence-electron chi connectivity index (χ3n) is 2.32. The van der Waals surface area contributed by atoms with Crippen molar-refractivity contribution in [3.05, 3.63) is 46.0 Å². The van der Waals surface area contributed by atoms with Gasteiger partial charge in [0.15, 0.2) is 11.7 Å². The summed E-state index contributed by atoms with van der Waals surface area (Å²) >= 11 is 1.28. The molecule has 4 nitrogen and oxygen atoms in total. The van der Waals surface area contributed by atoms with Crippen molar-refractivity contribution < 1.29 is 19.1 Å². The molecular formula is C12H10O4S. The zero-order valence-electron chi connectivity index (χ0n) is 9.04. The number of carboxylic acid groups (broad SMARTS) is 1. The predicted octanol–water partition coefficient (Wildman–Crippen LogP) is 2.70. The van der Waals surface area contributed by atoms with Gasteiger partial charge in [-0.2, -0.15) is 0 Å². The van der Waals surface area contributed by atoms with Gasteiger partial charge in [0.05, 0.1) is 11.1 Å². The SMILES string of the molecule is Cc1ccc(C(=O)C(C(=O)O)c2ccco2)s1. The number of Topliss-reactive ketones (excluding diaryl/α,β-unsaturated/α-hetero) is 1. The first kappa shape index (κ1) is 11.6. The van der Waals surface area contributed by atoms with Crippen molar-refractivity contribution in [1.82, 2.24) is 0 Å². The Morgan fingerprint density at radius 2 is 2.12 bits per heavy atom. The minimum Gasteiger partial charge on any atom is -0.480 e. The third-order valence-corrected chi connectivity index (χ3v) is 3.34. The van der Waals surface area contributed by atoms with E-state index in [1.54, 1.807) is 18.2 Å². The molecule has 2 heterocycles. The summed E-state index contributed by atoms with van der Waals surface area (Å²) in [6.45, 7) is 1.87. The quantitative estimate of drug-likeness (QED) is 0.669. The van der Waals surface area contributed by atoms with Gasteiger partial charge >= 0.3 is 5.97 Å². The number of hydrogen-bond donors (Lipinski definition) is 1. The van der Waals surface area contributed by atoms with Crippen LogP contribution >= 0.6 is 11.3 Å². The highest BCUT2D eigenvalue weighted by molar-refractivity contribution is 7.14. The zero-order chi connectivity index (χ0) is 12.4. The van der Waals surface area contributed by atoms with Gasteiger partial charge in [-0.25, -0.2) is 0 Å². The molecule has 2 rings (SSSR count). The molecule has 88 valence electrons. The first-order chi connectivity index (χ1) is 8.09. The Bertz CT molecular complexity index is 539. The smallest absolute Gasteiger partial charge is 0.322 e. The minimum atomic E-state index is -1.26. The van der Waals surface area contributed by atoms with Crippen LogP contribution in [0.25, 0.3) is 0 Å². The lowest BCUT2D eigenvalue weighted by molar-refractivity contribution is -0.137. The Morgan fingerprint density at radius 1 is 1.35 bits per heavy atom. The Hall–Kier alpha value is -1.88. The summed E-state index contributed by atoms with van der Waals surface area (Å²) in [5.74, 6) is -2.74. The number of carbonyl (C=O) groups excluding carboxylic acids is 1. The second-order valence-corrected chi connectivity index (χ2v) is 4.85. The lowest BCUT2D eigenvalue weighted by Crippen LogP contribution is -2.20. The Balaban J connectivity index is 2.35. The van der Waals surface area contributed by atoms with Gasteiger partial charge in [-0.3, -0.25) is 9.59 Å². The van der Waals surface area contributed by atoms with Gasteiger partial charge in [0.1, 0.15) is 5.76 Å². The fraction of sp³-hybridized carbons (Fsp3) is 0.167. The lowest BCUT2D eigenvalue weighted by atomic mass is 10.0. The third kappa shape index (κ3) is 2.29. The fourth-order valence-corrected chi connectivity index (χ4v) is 2.37.